The molecular formula is C23H28N4O2S. The Balaban J connectivity index is 1.40. The van der Waals surface area contributed by atoms with Crippen LogP contribution in [0.15, 0.2) is 40.0 Å². The summed E-state index contributed by atoms with van der Waals surface area (Å²) >= 11 is 1.29. The maximum absolute atomic E-state index is 12.8. The first-order chi connectivity index (χ1) is 14.5. The van der Waals surface area contributed by atoms with E-state index in [-0.39, 0.29) is 11.5 Å². The van der Waals surface area contributed by atoms with Crippen LogP contribution in [0.2, 0.25) is 0 Å². The molecule has 7 heteroatoms. The number of ketones is 1. The van der Waals surface area contributed by atoms with Gasteiger partial charge in [0.15, 0.2) is 5.78 Å². The Hall–Kier alpha value is -2.54. The van der Waals surface area contributed by atoms with E-state index in [0.29, 0.717) is 17.2 Å². The molecule has 1 aliphatic carbocycles. The van der Waals surface area contributed by atoms with Gasteiger partial charge in [0.2, 0.25) is 5.89 Å². The van der Waals surface area contributed by atoms with E-state index >= 15 is 0 Å². The maximum Gasteiger partial charge on any atom is 0.277 e. The zero-order valence-corrected chi connectivity index (χ0v) is 18.8. The Morgan fingerprint density at radius 1 is 1.17 bits per heavy atom. The minimum absolute atomic E-state index is 0.100. The zero-order valence-electron chi connectivity index (χ0n) is 18.0. The summed E-state index contributed by atoms with van der Waals surface area (Å²) in [5.41, 5.74) is 5.09. The second-order valence-electron chi connectivity index (χ2n) is 7.69. The van der Waals surface area contributed by atoms with Crippen LogP contribution in [0.5, 0.6) is 0 Å². The number of Topliss-reactive ketones (excluding diaryl/α,β-unsaturated/α-hetero) is 1. The van der Waals surface area contributed by atoms with Crippen LogP contribution in [0, 0.1) is 13.8 Å². The number of hydrogen-bond acceptors (Lipinski definition) is 6. The third-order valence-corrected chi connectivity index (χ3v) is 6.49. The predicted molar refractivity (Wildman–Crippen MR) is 121 cm³/mol. The monoisotopic (exact) mass is 424 g/mol. The van der Waals surface area contributed by atoms with Crippen LogP contribution in [-0.2, 0) is 0 Å². The van der Waals surface area contributed by atoms with E-state index in [1.54, 1.807) is 0 Å². The van der Waals surface area contributed by atoms with Crippen molar-refractivity contribution >= 4 is 23.2 Å². The topological polar surface area (TPSA) is 64.2 Å². The van der Waals surface area contributed by atoms with E-state index < -0.39 is 0 Å². The predicted octanol–water partition coefficient (Wildman–Crippen LogP) is 5.31. The van der Waals surface area contributed by atoms with Gasteiger partial charge in [-0.2, -0.15) is 0 Å². The van der Waals surface area contributed by atoms with E-state index in [0.717, 1.165) is 35.6 Å². The van der Waals surface area contributed by atoms with Crippen LogP contribution >= 0.6 is 11.8 Å². The number of rotatable bonds is 9. The molecule has 0 unspecified atom stereocenters. The third kappa shape index (κ3) is 4.17. The molecule has 6 nitrogen and oxygen atoms in total. The van der Waals surface area contributed by atoms with E-state index in [2.05, 4.69) is 52.6 Å². The summed E-state index contributed by atoms with van der Waals surface area (Å²) < 4.78 is 8.08. The van der Waals surface area contributed by atoms with Crippen molar-refractivity contribution in [3.05, 3.63) is 47.3 Å². The number of carbonyl (C=O) groups excluding carboxylic acids is 1. The Labute approximate surface area is 181 Å². The number of carbonyl (C=O) groups is 1. The number of benzene rings is 1. The molecule has 1 aromatic carbocycles. The Kier molecular flexibility index (Phi) is 5.99. The van der Waals surface area contributed by atoms with E-state index in [4.69, 9.17) is 4.42 Å². The highest BCUT2D eigenvalue weighted by atomic mass is 32.2. The van der Waals surface area contributed by atoms with Gasteiger partial charge in [-0.3, -0.25) is 4.79 Å². The first-order valence-electron chi connectivity index (χ1n) is 10.5. The van der Waals surface area contributed by atoms with Gasteiger partial charge in [-0.15, -0.1) is 10.2 Å². The zero-order chi connectivity index (χ0) is 21.3. The van der Waals surface area contributed by atoms with Gasteiger partial charge in [-0.25, -0.2) is 0 Å². The van der Waals surface area contributed by atoms with Gasteiger partial charge >= 0.3 is 0 Å². The highest BCUT2D eigenvalue weighted by Crippen LogP contribution is 2.38. The average Bonchev–Trinajstić information content (AvgIpc) is 3.38. The molecule has 1 fully saturated rings. The molecule has 158 valence electrons. The molecule has 1 aliphatic rings. The van der Waals surface area contributed by atoms with Gasteiger partial charge in [0.05, 0.1) is 5.75 Å². The molecule has 0 radical (unpaired) electrons. The Bertz CT molecular complexity index is 1030. The molecule has 4 rings (SSSR count). The SMILES string of the molecule is CCN(CC)c1ccc(-c2nnc(SCC(=O)c3cc(C)n(C4CC4)c3C)o2)cc1. The summed E-state index contributed by atoms with van der Waals surface area (Å²) in [6, 6.07) is 10.7. The molecule has 2 aromatic heterocycles. The van der Waals surface area contributed by atoms with Crippen LogP contribution in [0.25, 0.3) is 11.5 Å². The van der Waals surface area contributed by atoms with Crippen molar-refractivity contribution in [1.29, 1.82) is 0 Å². The summed E-state index contributed by atoms with van der Waals surface area (Å²) in [5, 5.41) is 8.68. The largest absolute Gasteiger partial charge is 0.411 e. The van der Waals surface area contributed by atoms with Gasteiger partial charge < -0.3 is 13.9 Å². The summed E-state index contributed by atoms with van der Waals surface area (Å²) in [6.07, 6.45) is 2.42. The van der Waals surface area contributed by atoms with Crippen molar-refractivity contribution in [2.45, 2.75) is 51.8 Å². The normalized spacial score (nSPS) is 13.6. The summed E-state index contributed by atoms with van der Waals surface area (Å²) in [6.45, 7) is 10.3. The lowest BCUT2D eigenvalue weighted by Gasteiger charge is -2.20. The summed E-state index contributed by atoms with van der Waals surface area (Å²) in [4.78, 5) is 15.0. The van der Waals surface area contributed by atoms with E-state index in [1.807, 2.05) is 25.1 Å². The van der Waals surface area contributed by atoms with Crippen molar-refractivity contribution in [3.63, 3.8) is 0 Å². The molecule has 3 aromatic rings. The molecule has 0 bridgehead atoms. The van der Waals surface area contributed by atoms with Crippen molar-refractivity contribution in [2.24, 2.45) is 0 Å². The second-order valence-corrected chi connectivity index (χ2v) is 8.62. The van der Waals surface area contributed by atoms with Crippen LogP contribution in [0.1, 0.15) is 54.5 Å². The standard InChI is InChI=1S/C23H28N4O2S/c1-5-26(6-2)18-9-7-17(8-10-18)22-24-25-23(29-22)30-14-21(28)20-13-15(3)27(16(20)4)19-11-12-19/h7-10,13,19H,5-6,11-12,14H2,1-4H3. The number of aromatic nitrogens is 3. The number of nitrogens with zero attached hydrogens (tertiary/aromatic N) is 4. The van der Waals surface area contributed by atoms with Gasteiger partial charge in [0, 0.05) is 47.3 Å². The Morgan fingerprint density at radius 3 is 2.50 bits per heavy atom. The molecule has 0 amide bonds. The van der Waals surface area contributed by atoms with Crippen molar-refractivity contribution < 1.29 is 9.21 Å². The van der Waals surface area contributed by atoms with E-state index in [9.17, 15) is 4.79 Å². The third-order valence-electron chi connectivity index (χ3n) is 5.67. The lowest BCUT2D eigenvalue weighted by Crippen LogP contribution is -2.21. The number of anilines is 1. The first kappa shape index (κ1) is 20.7. The molecule has 2 heterocycles. The molecule has 0 N–H and O–H groups in total. The molecule has 0 aliphatic heterocycles. The fourth-order valence-electron chi connectivity index (χ4n) is 3.95. The van der Waals surface area contributed by atoms with Crippen molar-refractivity contribution in [3.8, 4) is 11.5 Å². The van der Waals surface area contributed by atoms with Crippen LogP contribution in [0.4, 0.5) is 5.69 Å². The second kappa shape index (κ2) is 8.68. The number of thioether (sulfide) groups is 1. The van der Waals surface area contributed by atoms with Crippen molar-refractivity contribution in [2.75, 3.05) is 23.7 Å². The Morgan fingerprint density at radius 2 is 1.87 bits per heavy atom. The van der Waals surface area contributed by atoms with Crippen LogP contribution < -0.4 is 4.90 Å². The van der Waals surface area contributed by atoms with Gasteiger partial charge in [-0.05, 0) is 70.9 Å². The quantitative estimate of drug-likeness (QED) is 0.343. The smallest absolute Gasteiger partial charge is 0.277 e. The van der Waals surface area contributed by atoms with Gasteiger partial charge in [-0.1, -0.05) is 11.8 Å². The number of aryl methyl sites for hydroxylation is 1. The molecule has 1 saturated carbocycles. The summed E-state index contributed by atoms with van der Waals surface area (Å²) in [5.74, 6) is 0.864. The van der Waals surface area contributed by atoms with Crippen LogP contribution in [-0.4, -0.2) is 39.4 Å². The minimum atomic E-state index is 0.100. The fraction of sp³-hybridized carbons (Fsp3) is 0.435. The molecule has 0 saturated heterocycles. The average molecular weight is 425 g/mol. The van der Waals surface area contributed by atoms with Crippen molar-refractivity contribution in [1.82, 2.24) is 14.8 Å². The molecule has 30 heavy (non-hydrogen) atoms. The first-order valence-corrected chi connectivity index (χ1v) is 11.5. The van der Waals surface area contributed by atoms with E-state index in [1.165, 1.54) is 30.3 Å². The number of hydrogen-bond donors (Lipinski definition) is 0. The van der Waals surface area contributed by atoms with Crippen LogP contribution in [0.3, 0.4) is 0 Å². The van der Waals surface area contributed by atoms with Gasteiger partial charge in [0.1, 0.15) is 0 Å². The van der Waals surface area contributed by atoms with Gasteiger partial charge in [0.25, 0.3) is 5.22 Å². The highest BCUT2D eigenvalue weighted by molar-refractivity contribution is 7.99. The highest BCUT2D eigenvalue weighted by Gasteiger charge is 2.28. The lowest BCUT2D eigenvalue weighted by atomic mass is 10.2. The lowest BCUT2D eigenvalue weighted by molar-refractivity contribution is 0.102. The molecule has 0 spiro atoms. The summed E-state index contributed by atoms with van der Waals surface area (Å²) in [7, 11) is 0. The molecule has 0 atom stereocenters. The molecular weight excluding hydrogens is 396 g/mol. The fourth-order valence-corrected chi connectivity index (χ4v) is 4.59. The minimum Gasteiger partial charge on any atom is -0.411 e. The maximum atomic E-state index is 12.8.